The van der Waals surface area contributed by atoms with Crippen LogP contribution in [0.25, 0.3) is 11.1 Å². The van der Waals surface area contributed by atoms with E-state index >= 15 is 0 Å². The van der Waals surface area contributed by atoms with E-state index in [1.807, 2.05) is 43.3 Å². The van der Waals surface area contributed by atoms with Crippen molar-refractivity contribution in [3.05, 3.63) is 76.8 Å². The van der Waals surface area contributed by atoms with Crippen molar-refractivity contribution in [2.24, 2.45) is 0 Å². The van der Waals surface area contributed by atoms with Gasteiger partial charge in [-0.05, 0) is 60.0 Å². The minimum atomic E-state index is -0.655. The molecule has 192 valence electrons. The maximum absolute atomic E-state index is 12.5. The standard InChI is InChI=1S/C27H26ClN3O6/c1-16-7-8-19(18-5-4-6-21(11-18)29-17(2)32)12-24(16)31-26(34)15-37-14-25(33)30-23-10-9-20(28)13-22(23)27(35)36-3/h4-13H,14-15H2,1-3H3,(H,29,32)(H,30,33)(H,31,34). The van der Waals surface area contributed by atoms with Crippen molar-refractivity contribution in [3.8, 4) is 11.1 Å². The molecule has 0 unspecified atom stereocenters. The summed E-state index contributed by atoms with van der Waals surface area (Å²) in [5.41, 5.74) is 4.11. The van der Waals surface area contributed by atoms with Crippen molar-refractivity contribution in [1.29, 1.82) is 0 Å². The molecular weight excluding hydrogens is 498 g/mol. The molecule has 10 heteroatoms. The van der Waals surface area contributed by atoms with Gasteiger partial charge in [0, 0.05) is 23.3 Å². The highest BCUT2D eigenvalue weighted by molar-refractivity contribution is 6.31. The Labute approximate surface area is 219 Å². The van der Waals surface area contributed by atoms with Crippen molar-refractivity contribution in [2.75, 3.05) is 36.3 Å². The first-order valence-corrected chi connectivity index (χ1v) is 11.6. The highest BCUT2D eigenvalue weighted by Crippen LogP contribution is 2.27. The Bertz CT molecular complexity index is 1340. The smallest absolute Gasteiger partial charge is 0.340 e. The zero-order valence-electron chi connectivity index (χ0n) is 20.5. The van der Waals surface area contributed by atoms with Crippen LogP contribution in [0.3, 0.4) is 0 Å². The number of nitrogens with one attached hydrogen (secondary N) is 3. The Hall–Kier alpha value is -4.21. The predicted molar refractivity (Wildman–Crippen MR) is 142 cm³/mol. The third kappa shape index (κ3) is 7.89. The third-order valence-electron chi connectivity index (χ3n) is 5.16. The van der Waals surface area contributed by atoms with Gasteiger partial charge in [0.05, 0.1) is 18.4 Å². The fraction of sp³-hybridized carbons (Fsp3) is 0.185. The van der Waals surface area contributed by atoms with E-state index in [2.05, 4.69) is 16.0 Å². The number of ether oxygens (including phenoxy) is 2. The molecule has 0 aliphatic rings. The summed E-state index contributed by atoms with van der Waals surface area (Å²) >= 11 is 5.92. The van der Waals surface area contributed by atoms with Gasteiger partial charge in [0.15, 0.2) is 0 Å². The van der Waals surface area contributed by atoms with Gasteiger partial charge in [-0.15, -0.1) is 0 Å². The molecule has 3 amide bonds. The lowest BCUT2D eigenvalue weighted by Gasteiger charge is -2.13. The van der Waals surface area contributed by atoms with Crippen molar-refractivity contribution in [2.45, 2.75) is 13.8 Å². The Morgan fingerprint density at radius 3 is 2.16 bits per heavy atom. The van der Waals surface area contributed by atoms with Crippen LogP contribution in [-0.2, 0) is 23.9 Å². The van der Waals surface area contributed by atoms with Crippen molar-refractivity contribution < 1.29 is 28.7 Å². The Balaban J connectivity index is 1.58. The van der Waals surface area contributed by atoms with E-state index in [9.17, 15) is 19.2 Å². The largest absolute Gasteiger partial charge is 0.465 e. The molecule has 0 saturated carbocycles. The van der Waals surface area contributed by atoms with Gasteiger partial charge in [0.1, 0.15) is 13.2 Å². The molecule has 0 aromatic heterocycles. The van der Waals surface area contributed by atoms with Crippen LogP contribution in [0, 0.1) is 6.92 Å². The lowest BCUT2D eigenvalue weighted by atomic mass is 10.0. The number of hydrogen-bond acceptors (Lipinski definition) is 6. The first kappa shape index (κ1) is 27.4. The maximum atomic E-state index is 12.5. The molecule has 0 atom stereocenters. The van der Waals surface area contributed by atoms with Gasteiger partial charge < -0.3 is 25.4 Å². The molecule has 3 rings (SSSR count). The highest BCUT2D eigenvalue weighted by atomic mass is 35.5. The van der Waals surface area contributed by atoms with Gasteiger partial charge in [-0.25, -0.2) is 4.79 Å². The molecule has 0 heterocycles. The van der Waals surface area contributed by atoms with E-state index < -0.39 is 24.4 Å². The molecule has 3 aromatic carbocycles. The van der Waals surface area contributed by atoms with E-state index in [0.29, 0.717) is 16.4 Å². The summed E-state index contributed by atoms with van der Waals surface area (Å²) in [5, 5.41) is 8.39. The average Bonchev–Trinajstić information content (AvgIpc) is 2.85. The van der Waals surface area contributed by atoms with Gasteiger partial charge >= 0.3 is 5.97 Å². The Kier molecular flexibility index (Phi) is 9.37. The summed E-state index contributed by atoms with van der Waals surface area (Å²) < 4.78 is 9.95. The summed E-state index contributed by atoms with van der Waals surface area (Å²) in [6, 6.07) is 17.3. The van der Waals surface area contributed by atoms with E-state index in [0.717, 1.165) is 16.7 Å². The number of esters is 1. The normalized spacial score (nSPS) is 10.4. The number of carbonyl (C=O) groups is 4. The Morgan fingerprint density at radius 2 is 1.49 bits per heavy atom. The first-order valence-electron chi connectivity index (χ1n) is 11.2. The second kappa shape index (κ2) is 12.7. The molecule has 0 bridgehead atoms. The summed E-state index contributed by atoms with van der Waals surface area (Å²) in [5.74, 6) is -1.82. The molecule has 37 heavy (non-hydrogen) atoms. The van der Waals surface area contributed by atoms with Crippen molar-refractivity contribution in [3.63, 3.8) is 0 Å². The van der Waals surface area contributed by atoms with Gasteiger partial charge in [-0.1, -0.05) is 35.9 Å². The molecule has 9 nitrogen and oxygen atoms in total. The molecule has 0 fully saturated rings. The zero-order chi connectivity index (χ0) is 26.9. The van der Waals surface area contributed by atoms with E-state index in [-0.39, 0.29) is 23.8 Å². The van der Waals surface area contributed by atoms with Gasteiger partial charge in [-0.2, -0.15) is 0 Å². The molecule has 0 aliphatic heterocycles. The van der Waals surface area contributed by atoms with Crippen LogP contribution >= 0.6 is 11.6 Å². The molecule has 0 aliphatic carbocycles. The summed E-state index contributed by atoms with van der Waals surface area (Å²) in [4.78, 5) is 48.0. The monoisotopic (exact) mass is 523 g/mol. The number of aryl methyl sites for hydroxylation is 1. The molecular formula is C27H26ClN3O6. The van der Waals surface area contributed by atoms with E-state index in [4.69, 9.17) is 21.1 Å². The predicted octanol–water partition coefficient (Wildman–Crippen LogP) is 4.65. The SMILES string of the molecule is COC(=O)c1cc(Cl)ccc1NC(=O)COCC(=O)Nc1cc(-c2cccc(NC(C)=O)c2)ccc1C. The zero-order valence-corrected chi connectivity index (χ0v) is 21.3. The lowest BCUT2D eigenvalue weighted by molar-refractivity contribution is -0.125. The van der Waals surface area contributed by atoms with Crippen molar-refractivity contribution >= 4 is 52.4 Å². The van der Waals surface area contributed by atoms with Crippen LogP contribution in [0.15, 0.2) is 60.7 Å². The molecule has 0 saturated heterocycles. The van der Waals surface area contributed by atoms with Crippen LogP contribution in [0.1, 0.15) is 22.8 Å². The van der Waals surface area contributed by atoms with Crippen LogP contribution in [0.4, 0.5) is 17.1 Å². The van der Waals surface area contributed by atoms with Crippen LogP contribution in [0.5, 0.6) is 0 Å². The molecule has 3 aromatic rings. The first-order chi connectivity index (χ1) is 17.7. The second-order valence-corrected chi connectivity index (χ2v) is 8.50. The lowest BCUT2D eigenvalue weighted by Crippen LogP contribution is -2.24. The third-order valence-corrected chi connectivity index (χ3v) is 5.39. The Morgan fingerprint density at radius 1 is 0.811 bits per heavy atom. The van der Waals surface area contributed by atoms with Gasteiger partial charge in [0.25, 0.3) is 0 Å². The van der Waals surface area contributed by atoms with Crippen LogP contribution in [-0.4, -0.2) is 44.0 Å². The minimum Gasteiger partial charge on any atom is -0.465 e. The fourth-order valence-corrected chi connectivity index (χ4v) is 3.60. The number of carbonyl (C=O) groups excluding carboxylic acids is 4. The van der Waals surface area contributed by atoms with E-state index in [1.165, 1.54) is 32.2 Å². The van der Waals surface area contributed by atoms with Crippen LogP contribution in [0.2, 0.25) is 5.02 Å². The number of methoxy groups -OCH3 is 1. The second-order valence-electron chi connectivity index (χ2n) is 8.06. The number of benzene rings is 3. The molecule has 3 N–H and O–H groups in total. The minimum absolute atomic E-state index is 0.0964. The quantitative estimate of drug-likeness (QED) is 0.351. The highest BCUT2D eigenvalue weighted by Gasteiger charge is 2.15. The molecule has 0 radical (unpaired) electrons. The topological polar surface area (TPSA) is 123 Å². The number of rotatable bonds is 9. The summed E-state index contributed by atoms with van der Waals surface area (Å²) in [7, 11) is 1.22. The maximum Gasteiger partial charge on any atom is 0.340 e. The number of anilines is 3. The van der Waals surface area contributed by atoms with Crippen LogP contribution < -0.4 is 16.0 Å². The number of hydrogen-bond donors (Lipinski definition) is 3. The summed E-state index contributed by atoms with van der Waals surface area (Å²) in [6.45, 7) is 2.52. The van der Waals surface area contributed by atoms with E-state index in [1.54, 1.807) is 6.07 Å². The summed E-state index contributed by atoms with van der Waals surface area (Å²) in [6.07, 6.45) is 0. The fourth-order valence-electron chi connectivity index (χ4n) is 3.43. The van der Waals surface area contributed by atoms with Gasteiger partial charge in [-0.3, -0.25) is 14.4 Å². The molecule has 0 spiro atoms. The average molecular weight is 524 g/mol. The number of halogens is 1. The van der Waals surface area contributed by atoms with Gasteiger partial charge in [0.2, 0.25) is 17.7 Å². The van der Waals surface area contributed by atoms with Crippen molar-refractivity contribution in [1.82, 2.24) is 0 Å². The number of amides is 3.